The van der Waals surface area contributed by atoms with Crippen LogP contribution < -0.4 is 15.2 Å². The highest BCUT2D eigenvalue weighted by Crippen LogP contribution is 2.41. The highest BCUT2D eigenvalue weighted by molar-refractivity contribution is 6.30. The predicted molar refractivity (Wildman–Crippen MR) is 99.5 cm³/mol. The smallest absolute Gasteiger partial charge is 0.269 e. The van der Waals surface area contributed by atoms with E-state index >= 15 is 0 Å². The van der Waals surface area contributed by atoms with Crippen LogP contribution in [0.5, 0.6) is 11.6 Å². The van der Waals surface area contributed by atoms with Crippen molar-refractivity contribution in [2.45, 2.75) is 50.9 Å². The Bertz CT molecular complexity index is 903. The second-order valence-electron chi connectivity index (χ2n) is 7.67. The molecule has 7 nitrogen and oxygen atoms in total. The summed E-state index contributed by atoms with van der Waals surface area (Å²) < 4.78 is 13.6. The molecule has 0 bridgehead atoms. The number of benzene rings is 1. The van der Waals surface area contributed by atoms with Gasteiger partial charge in [0.15, 0.2) is 5.69 Å². The van der Waals surface area contributed by atoms with E-state index < -0.39 is 17.6 Å². The first kappa shape index (κ1) is 18.1. The van der Waals surface area contributed by atoms with Gasteiger partial charge in [-0.2, -0.15) is 5.10 Å². The standard InChI is InChI=1S/C19H22ClN3O4/c1-19(2,25)14-5-6-23-18(27-14)15(16(22-23)17(21)24)11-7-10-8-12(20)3-4-13(10)26-9-11/h3-4,8,11,14,25H,5-7,9H2,1-2H3,(H2,21,24)/t11-,14?/m0/s1. The van der Waals surface area contributed by atoms with E-state index in [0.29, 0.717) is 42.5 Å². The van der Waals surface area contributed by atoms with Gasteiger partial charge in [-0.15, -0.1) is 0 Å². The van der Waals surface area contributed by atoms with Gasteiger partial charge < -0.3 is 20.3 Å². The lowest BCUT2D eigenvalue weighted by molar-refractivity contribution is -0.0540. The van der Waals surface area contributed by atoms with Crippen LogP contribution in [0, 0.1) is 0 Å². The van der Waals surface area contributed by atoms with Crippen LogP contribution in [0.1, 0.15) is 47.8 Å². The topological polar surface area (TPSA) is 99.6 Å². The average Bonchev–Trinajstić information content (AvgIpc) is 2.99. The Kier molecular flexibility index (Phi) is 4.31. The summed E-state index contributed by atoms with van der Waals surface area (Å²) in [7, 11) is 0. The highest BCUT2D eigenvalue weighted by atomic mass is 35.5. The second-order valence-corrected chi connectivity index (χ2v) is 8.10. The number of hydrogen-bond donors (Lipinski definition) is 2. The van der Waals surface area contributed by atoms with Gasteiger partial charge >= 0.3 is 0 Å². The Balaban J connectivity index is 1.74. The number of ether oxygens (including phenoxy) is 2. The van der Waals surface area contributed by atoms with Gasteiger partial charge in [0.2, 0.25) is 5.88 Å². The number of aliphatic hydroxyl groups is 1. The predicted octanol–water partition coefficient (Wildman–Crippen LogP) is 2.28. The molecule has 0 radical (unpaired) electrons. The van der Waals surface area contributed by atoms with E-state index in [1.54, 1.807) is 24.6 Å². The van der Waals surface area contributed by atoms with E-state index in [4.69, 9.17) is 26.8 Å². The number of aromatic nitrogens is 2. The summed E-state index contributed by atoms with van der Waals surface area (Å²) in [6, 6.07) is 5.50. The highest BCUT2D eigenvalue weighted by Gasteiger charge is 2.39. The maximum atomic E-state index is 12.0. The van der Waals surface area contributed by atoms with Crippen LogP contribution in [-0.2, 0) is 13.0 Å². The van der Waals surface area contributed by atoms with E-state index in [1.807, 2.05) is 12.1 Å². The van der Waals surface area contributed by atoms with Crippen molar-refractivity contribution in [1.82, 2.24) is 9.78 Å². The largest absolute Gasteiger partial charge is 0.493 e. The normalized spacial score (nSPS) is 21.6. The Morgan fingerprint density at radius 1 is 1.44 bits per heavy atom. The fourth-order valence-corrected chi connectivity index (χ4v) is 3.96. The molecule has 0 fully saturated rings. The number of nitrogens with two attached hydrogens (primary N) is 1. The van der Waals surface area contributed by atoms with Gasteiger partial charge in [-0.25, -0.2) is 4.68 Å². The molecular formula is C19H22ClN3O4. The molecule has 3 N–H and O–H groups in total. The first-order chi connectivity index (χ1) is 12.7. The molecule has 2 atom stereocenters. The van der Waals surface area contributed by atoms with Crippen LogP contribution in [0.4, 0.5) is 0 Å². The van der Waals surface area contributed by atoms with Crippen LogP contribution in [0.2, 0.25) is 5.02 Å². The SMILES string of the molecule is CC(C)(O)C1CCn2nc(C(N)=O)c([C@@H]3COc4ccc(Cl)cc4C3)c2O1. The van der Waals surface area contributed by atoms with Crippen molar-refractivity contribution in [3.8, 4) is 11.6 Å². The van der Waals surface area contributed by atoms with E-state index in [9.17, 15) is 9.90 Å². The summed E-state index contributed by atoms with van der Waals surface area (Å²) in [5.74, 6) is 0.517. The number of primary amides is 1. The second kappa shape index (κ2) is 6.42. The van der Waals surface area contributed by atoms with Crippen molar-refractivity contribution in [2.75, 3.05) is 6.61 Å². The van der Waals surface area contributed by atoms with Gasteiger partial charge in [-0.1, -0.05) is 11.6 Å². The number of halogens is 1. The molecule has 3 heterocycles. The Morgan fingerprint density at radius 2 is 2.22 bits per heavy atom. The number of carbonyl (C=O) groups excluding carboxylic acids is 1. The lowest BCUT2D eigenvalue weighted by Crippen LogP contribution is -2.44. The van der Waals surface area contributed by atoms with E-state index in [1.165, 1.54) is 0 Å². The first-order valence-electron chi connectivity index (χ1n) is 8.95. The number of hydrogen-bond acceptors (Lipinski definition) is 5. The molecule has 1 amide bonds. The lowest BCUT2D eigenvalue weighted by atomic mass is 9.89. The summed E-state index contributed by atoms with van der Waals surface area (Å²) in [6.45, 7) is 4.34. The molecule has 2 aliphatic heterocycles. The molecule has 0 spiro atoms. The molecule has 4 rings (SSSR count). The van der Waals surface area contributed by atoms with E-state index in [-0.39, 0.29) is 11.6 Å². The molecule has 2 aliphatic rings. The lowest BCUT2D eigenvalue weighted by Gasteiger charge is -2.34. The van der Waals surface area contributed by atoms with Crippen LogP contribution >= 0.6 is 11.6 Å². The van der Waals surface area contributed by atoms with Crippen molar-refractivity contribution >= 4 is 17.5 Å². The number of nitrogens with zero attached hydrogens (tertiary/aromatic N) is 2. The molecule has 2 aromatic rings. The Morgan fingerprint density at radius 3 is 2.93 bits per heavy atom. The van der Waals surface area contributed by atoms with Gasteiger partial charge in [0, 0.05) is 23.9 Å². The van der Waals surface area contributed by atoms with Gasteiger partial charge in [-0.3, -0.25) is 4.79 Å². The number of fused-ring (bicyclic) bond motifs is 2. The van der Waals surface area contributed by atoms with Crippen molar-refractivity contribution in [3.63, 3.8) is 0 Å². The summed E-state index contributed by atoms with van der Waals surface area (Å²) in [5, 5.41) is 15.4. The first-order valence-corrected chi connectivity index (χ1v) is 9.32. The molecule has 1 aromatic carbocycles. The zero-order valence-corrected chi connectivity index (χ0v) is 16.0. The number of aryl methyl sites for hydroxylation is 1. The fourth-order valence-electron chi connectivity index (χ4n) is 3.77. The molecule has 1 unspecified atom stereocenters. The van der Waals surface area contributed by atoms with Gasteiger partial charge in [0.1, 0.15) is 11.9 Å². The molecule has 144 valence electrons. The molecular weight excluding hydrogens is 370 g/mol. The maximum absolute atomic E-state index is 12.0. The summed E-state index contributed by atoms with van der Waals surface area (Å²) in [5.41, 5.74) is 6.38. The molecule has 0 aliphatic carbocycles. The molecule has 8 heteroatoms. The number of amides is 1. The summed E-state index contributed by atoms with van der Waals surface area (Å²) in [6.07, 6.45) is 0.827. The minimum absolute atomic E-state index is 0.150. The van der Waals surface area contributed by atoms with Crippen molar-refractivity contribution in [2.24, 2.45) is 5.73 Å². The van der Waals surface area contributed by atoms with E-state index in [0.717, 1.165) is 11.3 Å². The van der Waals surface area contributed by atoms with Gasteiger partial charge in [0.25, 0.3) is 5.91 Å². The fraction of sp³-hybridized carbons (Fsp3) is 0.474. The van der Waals surface area contributed by atoms with Crippen LogP contribution in [0.15, 0.2) is 18.2 Å². The van der Waals surface area contributed by atoms with E-state index in [2.05, 4.69) is 5.10 Å². The minimum Gasteiger partial charge on any atom is -0.493 e. The van der Waals surface area contributed by atoms with Gasteiger partial charge in [0.05, 0.1) is 17.8 Å². The van der Waals surface area contributed by atoms with Crippen molar-refractivity contribution < 1.29 is 19.4 Å². The summed E-state index contributed by atoms with van der Waals surface area (Å²) >= 11 is 6.12. The number of rotatable bonds is 3. The third-order valence-electron chi connectivity index (χ3n) is 5.16. The van der Waals surface area contributed by atoms with Crippen LogP contribution in [-0.4, -0.2) is 39.1 Å². The zero-order valence-electron chi connectivity index (χ0n) is 15.2. The van der Waals surface area contributed by atoms with Crippen molar-refractivity contribution in [1.29, 1.82) is 0 Å². The maximum Gasteiger partial charge on any atom is 0.269 e. The molecule has 27 heavy (non-hydrogen) atoms. The molecule has 0 saturated carbocycles. The Hall–Kier alpha value is -2.25. The zero-order chi connectivity index (χ0) is 19.3. The van der Waals surface area contributed by atoms with Gasteiger partial charge in [-0.05, 0) is 44.0 Å². The van der Waals surface area contributed by atoms with Crippen LogP contribution in [0.3, 0.4) is 0 Å². The molecule has 1 aromatic heterocycles. The van der Waals surface area contributed by atoms with Crippen molar-refractivity contribution in [3.05, 3.63) is 40.0 Å². The summed E-state index contributed by atoms with van der Waals surface area (Å²) in [4.78, 5) is 12.0. The quantitative estimate of drug-likeness (QED) is 0.836. The minimum atomic E-state index is -1.01. The Labute approximate surface area is 162 Å². The number of carbonyl (C=O) groups is 1. The third kappa shape index (κ3) is 3.26. The third-order valence-corrected chi connectivity index (χ3v) is 5.39. The molecule has 0 saturated heterocycles. The van der Waals surface area contributed by atoms with Crippen LogP contribution in [0.25, 0.3) is 0 Å². The average molecular weight is 392 g/mol. The monoisotopic (exact) mass is 391 g/mol.